The van der Waals surface area contributed by atoms with Crippen molar-refractivity contribution < 1.29 is 0 Å². The maximum Gasteiger partial charge on any atom is 0.224 e. The third-order valence-electron chi connectivity index (χ3n) is 3.47. The number of unbranched alkanes of at least 4 members (excludes halogenated alkanes) is 2. The van der Waals surface area contributed by atoms with Crippen LogP contribution in [-0.4, -0.2) is 16.5 Å². The van der Waals surface area contributed by atoms with E-state index in [1.807, 2.05) is 13.0 Å². The van der Waals surface area contributed by atoms with Gasteiger partial charge in [-0.15, -0.1) is 0 Å². The largest absolute Gasteiger partial charge is 0.366 e. The van der Waals surface area contributed by atoms with Crippen LogP contribution < -0.4 is 10.6 Å². The van der Waals surface area contributed by atoms with Gasteiger partial charge in [0.2, 0.25) is 5.95 Å². The molecular weight excluding hydrogens is 272 g/mol. The third-order valence-corrected chi connectivity index (χ3v) is 3.47. The van der Waals surface area contributed by atoms with Gasteiger partial charge in [-0.05, 0) is 25.8 Å². The van der Waals surface area contributed by atoms with Crippen LogP contribution in [0, 0.1) is 13.8 Å². The number of aryl methyl sites for hydroxylation is 2. The molecule has 0 fully saturated rings. The van der Waals surface area contributed by atoms with Crippen molar-refractivity contribution in [2.75, 3.05) is 17.2 Å². The average Bonchev–Trinajstić information content (AvgIpc) is 2.49. The Bertz CT molecular complexity index is 595. The molecule has 4 nitrogen and oxygen atoms in total. The second-order valence-corrected chi connectivity index (χ2v) is 5.69. The Hall–Kier alpha value is -2.10. The number of anilines is 2. The number of hydrogen-bond acceptors (Lipinski definition) is 4. The van der Waals surface area contributed by atoms with Gasteiger partial charge in [0.1, 0.15) is 5.82 Å². The Morgan fingerprint density at radius 3 is 2.64 bits per heavy atom. The molecule has 0 aliphatic heterocycles. The predicted octanol–water partition coefficient (Wildman–Crippen LogP) is 4.31. The van der Waals surface area contributed by atoms with Gasteiger partial charge in [-0.3, -0.25) is 0 Å². The van der Waals surface area contributed by atoms with Crippen molar-refractivity contribution >= 4 is 11.8 Å². The van der Waals surface area contributed by atoms with E-state index in [2.05, 4.69) is 58.7 Å². The second kappa shape index (κ2) is 8.37. The van der Waals surface area contributed by atoms with Crippen LogP contribution in [0.5, 0.6) is 0 Å². The molecule has 2 aromatic rings. The molecule has 118 valence electrons. The van der Waals surface area contributed by atoms with Gasteiger partial charge in [-0.2, -0.15) is 4.98 Å². The first-order valence-corrected chi connectivity index (χ1v) is 8.06. The highest BCUT2D eigenvalue weighted by molar-refractivity contribution is 5.42. The Morgan fingerprint density at radius 1 is 1.00 bits per heavy atom. The highest BCUT2D eigenvalue weighted by Gasteiger charge is 2.02. The van der Waals surface area contributed by atoms with Crippen molar-refractivity contribution in [3.05, 3.63) is 47.2 Å². The molecule has 0 bridgehead atoms. The van der Waals surface area contributed by atoms with E-state index in [-0.39, 0.29) is 0 Å². The lowest BCUT2D eigenvalue weighted by molar-refractivity contribution is 0.740. The number of aromatic nitrogens is 2. The van der Waals surface area contributed by atoms with Crippen LogP contribution in [0.4, 0.5) is 11.8 Å². The van der Waals surface area contributed by atoms with E-state index in [0.29, 0.717) is 5.95 Å². The number of nitrogens with one attached hydrogen (secondary N) is 2. The monoisotopic (exact) mass is 298 g/mol. The minimum atomic E-state index is 0.711. The topological polar surface area (TPSA) is 49.8 Å². The lowest BCUT2D eigenvalue weighted by Gasteiger charge is -2.10. The summed E-state index contributed by atoms with van der Waals surface area (Å²) in [5.41, 5.74) is 3.50. The lowest BCUT2D eigenvalue weighted by Crippen LogP contribution is -2.09. The molecule has 2 N–H and O–H groups in total. The molecule has 0 aliphatic carbocycles. The van der Waals surface area contributed by atoms with Crippen LogP contribution in [0.2, 0.25) is 0 Å². The first kappa shape index (κ1) is 16.3. The van der Waals surface area contributed by atoms with Crippen LogP contribution in [0.25, 0.3) is 0 Å². The molecule has 0 saturated heterocycles. The quantitative estimate of drug-likeness (QED) is 0.713. The van der Waals surface area contributed by atoms with Crippen molar-refractivity contribution in [1.29, 1.82) is 0 Å². The number of benzene rings is 1. The second-order valence-electron chi connectivity index (χ2n) is 5.69. The Balaban J connectivity index is 1.94. The van der Waals surface area contributed by atoms with Gasteiger partial charge in [0, 0.05) is 24.8 Å². The molecule has 1 aromatic heterocycles. The summed E-state index contributed by atoms with van der Waals surface area (Å²) in [6.07, 6.45) is 3.61. The van der Waals surface area contributed by atoms with Crippen LogP contribution in [-0.2, 0) is 6.54 Å². The maximum absolute atomic E-state index is 4.54. The number of nitrogens with zero attached hydrogens (tertiary/aromatic N) is 2. The van der Waals surface area contributed by atoms with E-state index in [0.717, 1.165) is 31.0 Å². The summed E-state index contributed by atoms with van der Waals surface area (Å²) in [6, 6.07) is 10.5. The lowest BCUT2D eigenvalue weighted by atomic mass is 10.1. The van der Waals surface area contributed by atoms with Gasteiger partial charge in [0.15, 0.2) is 0 Å². The fraction of sp³-hybridized carbons (Fsp3) is 0.444. The molecule has 22 heavy (non-hydrogen) atoms. The molecule has 4 heteroatoms. The smallest absolute Gasteiger partial charge is 0.224 e. The minimum Gasteiger partial charge on any atom is -0.366 e. The first-order chi connectivity index (χ1) is 10.7. The maximum atomic E-state index is 4.54. The summed E-state index contributed by atoms with van der Waals surface area (Å²) in [5.74, 6) is 1.58. The SMILES string of the molecule is CCCCCNc1nc(C)cc(NCc2cccc(C)c2)n1. The van der Waals surface area contributed by atoms with Gasteiger partial charge in [-0.1, -0.05) is 49.6 Å². The number of rotatable bonds is 8. The average molecular weight is 298 g/mol. The van der Waals surface area contributed by atoms with Gasteiger partial charge in [0.25, 0.3) is 0 Å². The fourth-order valence-electron chi connectivity index (χ4n) is 2.33. The highest BCUT2D eigenvalue weighted by atomic mass is 15.1. The van der Waals surface area contributed by atoms with E-state index in [1.54, 1.807) is 0 Å². The van der Waals surface area contributed by atoms with Crippen LogP contribution in [0.15, 0.2) is 30.3 Å². The van der Waals surface area contributed by atoms with E-state index >= 15 is 0 Å². The third kappa shape index (κ3) is 5.35. The van der Waals surface area contributed by atoms with Crippen LogP contribution >= 0.6 is 0 Å². The molecule has 0 atom stereocenters. The number of hydrogen-bond donors (Lipinski definition) is 2. The Morgan fingerprint density at radius 2 is 1.86 bits per heavy atom. The van der Waals surface area contributed by atoms with E-state index in [1.165, 1.54) is 24.0 Å². The fourth-order valence-corrected chi connectivity index (χ4v) is 2.33. The van der Waals surface area contributed by atoms with Gasteiger partial charge < -0.3 is 10.6 Å². The zero-order chi connectivity index (χ0) is 15.8. The molecule has 1 heterocycles. The van der Waals surface area contributed by atoms with Crippen molar-refractivity contribution in [2.45, 2.75) is 46.6 Å². The highest BCUT2D eigenvalue weighted by Crippen LogP contribution is 2.12. The Labute approximate surface area is 133 Å². The van der Waals surface area contributed by atoms with Crippen molar-refractivity contribution in [2.24, 2.45) is 0 Å². The van der Waals surface area contributed by atoms with Crippen LogP contribution in [0.1, 0.15) is 43.0 Å². The first-order valence-electron chi connectivity index (χ1n) is 8.06. The normalized spacial score (nSPS) is 10.5. The molecular formula is C18H26N4. The molecule has 0 aliphatic rings. The molecule has 0 unspecified atom stereocenters. The molecule has 1 aromatic carbocycles. The van der Waals surface area contributed by atoms with Gasteiger partial charge >= 0.3 is 0 Å². The van der Waals surface area contributed by atoms with Gasteiger partial charge in [0.05, 0.1) is 0 Å². The zero-order valence-electron chi connectivity index (χ0n) is 13.8. The van der Waals surface area contributed by atoms with E-state index in [9.17, 15) is 0 Å². The van der Waals surface area contributed by atoms with E-state index in [4.69, 9.17) is 0 Å². The predicted molar refractivity (Wildman–Crippen MR) is 93.3 cm³/mol. The molecule has 0 radical (unpaired) electrons. The standard InChI is InChI=1S/C18H26N4/c1-4-5-6-10-19-18-21-15(3)12-17(22-18)20-13-16-9-7-8-14(2)11-16/h7-9,11-12H,4-6,10,13H2,1-3H3,(H2,19,20,21,22). The van der Waals surface area contributed by atoms with Crippen molar-refractivity contribution in [3.63, 3.8) is 0 Å². The molecule has 0 saturated carbocycles. The summed E-state index contributed by atoms with van der Waals surface area (Å²) in [7, 11) is 0. The van der Waals surface area contributed by atoms with Crippen molar-refractivity contribution in [1.82, 2.24) is 9.97 Å². The summed E-state index contributed by atoms with van der Waals surface area (Å²) >= 11 is 0. The van der Waals surface area contributed by atoms with Crippen LogP contribution in [0.3, 0.4) is 0 Å². The van der Waals surface area contributed by atoms with E-state index < -0.39 is 0 Å². The summed E-state index contributed by atoms with van der Waals surface area (Å²) < 4.78 is 0. The molecule has 0 amide bonds. The Kier molecular flexibility index (Phi) is 6.19. The van der Waals surface area contributed by atoms with Gasteiger partial charge in [-0.25, -0.2) is 4.98 Å². The van der Waals surface area contributed by atoms with Crippen molar-refractivity contribution in [3.8, 4) is 0 Å². The summed E-state index contributed by atoms with van der Waals surface area (Å²) in [6.45, 7) is 8.01. The summed E-state index contributed by atoms with van der Waals surface area (Å²) in [5, 5.41) is 6.69. The minimum absolute atomic E-state index is 0.711. The summed E-state index contributed by atoms with van der Waals surface area (Å²) in [4.78, 5) is 8.97. The molecule has 0 spiro atoms. The zero-order valence-corrected chi connectivity index (χ0v) is 13.8. The molecule has 2 rings (SSSR count).